The Bertz CT molecular complexity index is 1030. The van der Waals surface area contributed by atoms with Gasteiger partial charge in [0.25, 0.3) is 5.91 Å². The van der Waals surface area contributed by atoms with Crippen LogP contribution in [0.15, 0.2) is 42.6 Å². The highest BCUT2D eigenvalue weighted by atomic mass is 16.1. The van der Waals surface area contributed by atoms with Crippen LogP contribution in [0.25, 0.3) is 22.4 Å². The van der Waals surface area contributed by atoms with Crippen LogP contribution < -0.4 is 5.32 Å². The minimum Gasteiger partial charge on any atom is -0.346 e. The molecule has 1 amide bonds. The molecule has 124 valence electrons. The first-order chi connectivity index (χ1) is 12.2. The molecule has 0 aliphatic rings. The van der Waals surface area contributed by atoms with Crippen LogP contribution in [0.4, 0.5) is 0 Å². The van der Waals surface area contributed by atoms with Crippen molar-refractivity contribution < 1.29 is 4.79 Å². The Hall–Kier alpha value is -3.62. The van der Waals surface area contributed by atoms with Crippen LogP contribution in [-0.4, -0.2) is 41.3 Å². The highest BCUT2D eigenvalue weighted by molar-refractivity contribution is 5.94. The highest BCUT2D eigenvalue weighted by Crippen LogP contribution is 2.15. The molecule has 0 aliphatic carbocycles. The van der Waals surface area contributed by atoms with Crippen LogP contribution >= 0.6 is 0 Å². The lowest BCUT2D eigenvalue weighted by molar-refractivity contribution is 0.0950. The maximum atomic E-state index is 12.3. The lowest BCUT2D eigenvalue weighted by Crippen LogP contribution is -2.23. The van der Waals surface area contributed by atoms with Gasteiger partial charge in [-0.3, -0.25) is 9.89 Å². The number of aromatic nitrogens is 7. The number of fused-ring (bicyclic) bond motifs is 1. The van der Waals surface area contributed by atoms with Gasteiger partial charge in [0, 0.05) is 22.7 Å². The van der Waals surface area contributed by atoms with Crippen LogP contribution in [0.1, 0.15) is 16.1 Å². The molecule has 4 rings (SSSR count). The fourth-order valence-corrected chi connectivity index (χ4v) is 2.48. The van der Waals surface area contributed by atoms with E-state index in [2.05, 4.69) is 35.9 Å². The number of H-pyrrole nitrogens is 1. The molecular formula is C16H14N8O. The number of benzene rings is 1. The Kier molecular flexibility index (Phi) is 3.65. The van der Waals surface area contributed by atoms with Crippen molar-refractivity contribution in [3.63, 3.8) is 0 Å². The van der Waals surface area contributed by atoms with E-state index in [0.29, 0.717) is 23.6 Å². The average molecular weight is 334 g/mol. The van der Waals surface area contributed by atoms with Crippen LogP contribution in [0.3, 0.4) is 0 Å². The zero-order valence-corrected chi connectivity index (χ0v) is 13.3. The Morgan fingerprint density at radius 2 is 2.08 bits per heavy atom. The van der Waals surface area contributed by atoms with Crippen molar-refractivity contribution in [1.29, 1.82) is 0 Å². The van der Waals surface area contributed by atoms with E-state index in [1.807, 2.05) is 12.1 Å². The van der Waals surface area contributed by atoms with Crippen LogP contribution in [0, 0.1) is 0 Å². The fraction of sp³-hybridized carbons (Fsp3) is 0.125. The molecule has 9 nitrogen and oxygen atoms in total. The molecule has 0 unspecified atom stereocenters. The lowest BCUT2D eigenvalue weighted by atomic mass is 10.1. The summed E-state index contributed by atoms with van der Waals surface area (Å²) in [6.07, 6.45) is 1.68. The van der Waals surface area contributed by atoms with Gasteiger partial charge in [-0.15, -0.1) is 10.2 Å². The van der Waals surface area contributed by atoms with E-state index in [1.165, 1.54) is 4.80 Å². The molecule has 0 saturated heterocycles. The molecule has 25 heavy (non-hydrogen) atoms. The number of hydrogen-bond acceptors (Lipinski definition) is 6. The smallest absolute Gasteiger partial charge is 0.251 e. The molecular weight excluding hydrogens is 320 g/mol. The van der Waals surface area contributed by atoms with Gasteiger partial charge >= 0.3 is 0 Å². The Morgan fingerprint density at radius 1 is 1.24 bits per heavy atom. The van der Waals surface area contributed by atoms with Crippen molar-refractivity contribution in [2.75, 3.05) is 0 Å². The number of rotatable bonds is 4. The molecule has 3 aromatic heterocycles. The molecule has 1 aromatic carbocycles. The SMILES string of the molecule is Cn1nnc(-c2ccc(C(=O)NCc3[nH]nc4ncccc34)cc2)n1. The number of tetrazole rings is 1. The molecule has 0 radical (unpaired) electrons. The summed E-state index contributed by atoms with van der Waals surface area (Å²) in [7, 11) is 1.70. The summed E-state index contributed by atoms with van der Waals surface area (Å²) in [5.74, 6) is 0.344. The van der Waals surface area contributed by atoms with E-state index < -0.39 is 0 Å². The number of nitrogens with zero attached hydrogens (tertiary/aromatic N) is 6. The third-order valence-corrected chi connectivity index (χ3v) is 3.75. The van der Waals surface area contributed by atoms with E-state index in [9.17, 15) is 4.79 Å². The standard InChI is InChI=1S/C16H14N8O/c1-24-22-14(21-23-24)10-4-6-11(7-5-10)16(25)18-9-13-12-3-2-8-17-15(12)20-19-13/h2-8H,9H2,1H3,(H,18,25)(H,17,19,20). The van der Waals surface area contributed by atoms with Crippen molar-refractivity contribution >= 4 is 16.9 Å². The van der Waals surface area contributed by atoms with E-state index >= 15 is 0 Å². The summed E-state index contributed by atoms with van der Waals surface area (Å²) in [6, 6.07) is 10.8. The van der Waals surface area contributed by atoms with Crippen LogP contribution in [-0.2, 0) is 13.6 Å². The molecule has 0 aliphatic heterocycles. The topological polar surface area (TPSA) is 114 Å². The molecule has 9 heteroatoms. The largest absolute Gasteiger partial charge is 0.346 e. The predicted molar refractivity (Wildman–Crippen MR) is 89.3 cm³/mol. The summed E-state index contributed by atoms with van der Waals surface area (Å²) in [6.45, 7) is 0.342. The molecule has 4 aromatic rings. The molecule has 0 fully saturated rings. The molecule has 0 atom stereocenters. The zero-order valence-electron chi connectivity index (χ0n) is 13.3. The number of aryl methyl sites for hydroxylation is 1. The molecule has 2 N–H and O–H groups in total. The summed E-state index contributed by atoms with van der Waals surface area (Å²) in [5, 5.41) is 22.6. The zero-order chi connectivity index (χ0) is 17.2. The molecule has 0 bridgehead atoms. The number of aromatic amines is 1. The number of amides is 1. The van der Waals surface area contributed by atoms with Gasteiger partial charge < -0.3 is 5.32 Å². The summed E-state index contributed by atoms with van der Waals surface area (Å²) in [5.41, 5.74) is 2.80. The van der Waals surface area contributed by atoms with Gasteiger partial charge in [-0.25, -0.2) is 4.98 Å². The van der Waals surface area contributed by atoms with Crippen LogP contribution in [0.2, 0.25) is 0 Å². The highest BCUT2D eigenvalue weighted by Gasteiger charge is 2.10. The second-order valence-electron chi connectivity index (χ2n) is 5.44. The molecule has 0 spiro atoms. The van der Waals surface area contributed by atoms with Gasteiger partial charge in [0.05, 0.1) is 19.3 Å². The summed E-state index contributed by atoms with van der Waals surface area (Å²) < 4.78 is 0. The Labute approximate surface area is 142 Å². The van der Waals surface area contributed by atoms with Crippen molar-refractivity contribution in [3.8, 4) is 11.4 Å². The quantitative estimate of drug-likeness (QED) is 0.577. The van der Waals surface area contributed by atoms with E-state index in [4.69, 9.17) is 0 Å². The predicted octanol–water partition coefficient (Wildman–Crippen LogP) is 1.08. The van der Waals surface area contributed by atoms with Crippen molar-refractivity contribution in [3.05, 3.63) is 53.9 Å². The number of nitrogens with one attached hydrogen (secondary N) is 2. The van der Waals surface area contributed by atoms with Gasteiger partial charge in [-0.2, -0.15) is 9.90 Å². The first kappa shape index (κ1) is 14.9. The number of carbonyl (C=O) groups is 1. The fourth-order valence-electron chi connectivity index (χ4n) is 2.48. The maximum Gasteiger partial charge on any atom is 0.251 e. The number of hydrogen-bond donors (Lipinski definition) is 2. The first-order valence-corrected chi connectivity index (χ1v) is 7.61. The summed E-state index contributed by atoms with van der Waals surface area (Å²) >= 11 is 0. The van der Waals surface area contributed by atoms with E-state index in [1.54, 1.807) is 37.5 Å². The monoisotopic (exact) mass is 334 g/mol. The minimum absolute atomic E-state index is 0.176. The van der Waals surface area contributed by atoms with Gasteiger partial charge in [0.15, 0.2) is 5.65 Å². The van der Waals surface area contributed by atoms with Crippen LogP contribution in [0.5, 0.6) is 0 Å². The second-order valence-corrected chi connectivity index (χ2v) is 5.44. The number of carbonyl (C=O) groups excluding carboxylic acids is 1. The van der Waals surface area contributed by atoms with Gasteiger partial charge in [-0.1, -0.05) is 12.1 Å². The Morgan fingerprint density at radius 3 is 2.84 bits per heavy atom. The summed E-state index contributed by atoms with van der Waals surface area (Å²) in [4.78, 5) is 17.9. The third-order valence-electron chi connectivity index (χ3n) is 3.75. The number of pyridine rings is 1. The molecule has 0 saturated carbocycles. The molecule has 3 heterocycles. The average Bonchev–Trinajstić information content (AvgIpc) is 3.26. The Balaban J connectivity index is 1.46. The lowest BCUT2D eigenvalue weighted by Gasteiger charge is -2.04. The maximum absolute atomic E-state index is 12.3. The van der Waals surface area contributed by atoms with Crippen molar-refractivity contribution in [1.82, 2.24) is 40.7 Å². The normalized spacial score (nSPS) is 10.9. The minimum atomic E-state index is -0.176. The van der Waals surface area contributed by atoms with Gasteiger partial charge in [0.2, 0.25) is 5.82 Å². The van der Waals surface area contributed by atoms with Gasteiger partial charge in [-0.05, 0) is 29.5 Å². The third kappa shape index (κ3) is 2.94. The van der Waals surface area contributed by atoms with Crippen molar-refractivity contribution in [2.45, 2.75) is 6.54 Å². The van der Waals surface area contributed by atoms with Gasteiger partial charge in [0.1, 0.15) is 0 Å². The van der Waals surface area contributed by atoms with E-state index in [-0.39, 0.29) is 5.91 Å². The van der Waals surface area contributed by atoms with E-state index in [0.717, 1.165) is 16.6 Å². The first-order valence-electron chi connectivity index (χ1n) is 7.61. The second kappa shape index (κ2) is 6.11. The van der Waals surface area contributed by atoms with Crippen molar-refractivity contribution in [2.24, 2.45) is 7.05 Å².